The third-order valence-electron chi connectivity index (χ3n) is 2.91. The lowest BCUT2D eigenvalue weighted by atomic mass is 10.3. The van der Waals surface area contributed by atoms with E-state index in [9.17, 15) is 8.42 Å². The lowest BCUT2D eigenvalue weighted by Gasteiger charge is -2.00. The third kappa shape index (κ3) is 2.74. The van der Waals surface area contributed by atoms with Crippen LogP contribution in [0.3, 0.4) is 0 Å². The highest BCUT2D eigenvalue weighted by Crippen LogP contribution is 2.24. The Labute approximate surface area is 131 Å². The summed E-state index contributed by atoms with van der Waals surface area (Å²) in [7, 11) is -3.28. The molecule has 0 aliphatic heterocycles. The summed E-state index contributed by atoms with van der Waals surface area (Å²) in [6.45, 7) is 0. The van der Waals surface area contributed by atoms with Crippen molar-refractivity contribution in [1.29, 1.82) is 0 Å². The molecule has 0 atom stereocenters. The number of halogens is 2. The van der Waals surface area contributed by atoms with E-state index < -0.39 is 9.84 Å². The van der Waals surface area contributed by atoms with Crippen LogP contribution in [0.4, 0.5) is 0 Å². The van der Waals surface area contributed by atoms with Gasteiger partial charge in [0.15, 0.2) is 9.84 Å². The minimum Gasteiger partial charge on any atom is -0.224 e. The standard InChI is InChI=1S/C13H9Cl2N3O2S/c1-21(19,20)9-3-5-12-13(7-9)17-18(16-12)8-2-4-10(14)11(15)6-8/h2-7H,1H3. The number of sulfone groups is 1. The van der Waals surface area contributed by atoms with Gasteiger partial charge >= 0.3 is 0 Å². The van der Waals surface area contributed by atoms with Crippen LogP contribution in [0.5, 0.6) is 0 Å². The van der Waals surface area contributed by atoms with E-state index in [2.05, 4.69) is 10.2 Å². The Morgan fingerprint density at radius 1 is 0.952 bits per heavy atom. The first kappa shape index (κ1) is 14.3. The predicted octanol–water partition coefficient (Wildman–Crippen LogP) is 3.13. The molecule has 8 heteroatoms. The van der Waals surface area contributed by atoms with Crippen molar-refractivity contribution in [1.82, 2.24) is 15.0 Å². The Morgan fingerprint density at radius 2 is 1.67 bits per heavy atom. The van der Waals surface area contributed by atoms with Gasteiger partial charge in [-0.2, -0.15) is 4.80 Å². The first-order valence-corrected chi connectivity index (χ1v) is 8.52. The maximum atomic E-state index is 11.5. The zero-order valence-electron chi connectivity index (χ0n) is 10.8. The molecule has 0 saturated heterocycles. The summed E-state index contributed by atoms with van der Waals surface area (Å²) in [5.41, 5.74) is 1.72. The van der Waals surface area contributed by atoms with Crippen molar-refractivity contribution in [2.24, 2.45) is 0 Å². The molecule has 0 N–H and O–H groups in total. The van der Waals surface area contributed by atoms with Gasteiger partial charge in [-0.05, 0) is 36.4 Å². The molecule has 0 saturated carbocycles. The zero-order chi connectivity index (χ0) is 15.2. The Morgan fingerprint density at radius 3 is 2.33 bits per heavy atom. The molecule has 0 amide bonds. The van der Waals surface area contributed by atoms with Crippen LogP contribution in [0.1, 0.15) is 0 Å². The second-order valence-corrected chi connectivity index (χ2v) is 7.34. The Hall–Kier alpha value is -1.63. The molecule has 21 heavy (non-hydrogen) atoms. The summed E-state index contributed by atoms with van der Waals surface area (Å²) >= 11 is 11.8. The minimum atomic E-state index is -3.28. The second-order valence-electron chi connectivity index (χ2n) is 4.51. The van der Waals surface area contributed by atoms with E-state index in [1.165, 1.54) is 16.9 Å². The van der Waals surface area contributed by atoms with Crippen molar-refractivity contribution in [3.05, 3.63) is 46.4 Å². The molecule has 0 unspecified atom stereocenters. The molecule has 0 bridgehead atoms. The molecule has 0 fully saturated rings. The number of aromatic nitrogens is 3. The van der Waals surface area contributed by atoms with Crippen molar-refractivity contribution in [2.75, 3.05) is 6.26 Å². The summed E-state index contributed by atoms with van der Waals surface area (Å²) < 4.78 is 23.1. The number of rotatable bonds is 2. The Bertz CT molecular complexity index is 951. The number of nitrogens with zero attached hydrogens (tertiary/aromatic N) is 3. The lowest BCUT2D eigenvalue weighted by molar-refractivity contribution is 0.602. The van der Waals surface area contributed by atoms with Crippen molar-refractivity contribution in [3.63, 3.8) is 0 Å². The van der Waals surface area contributed by atoms with Gasteiger partial charge in [-0.3, -0.25) is 0 Å². The highest BCUT2D eigenvalue weighted by molar-refractivity contribution is 7.90. The maximum Gasteiger partial charge on any atom is 0.175 e. The summed E-state index contributed by atoms with van der Waals surface area (Å²) in [4.78, 5) is 1.59. The predicted molar refractivity (Wildman–Crippen MR) is 82.0 cm³/mol. The zero-order valence-corrected chi connectivity index (χ0v) is 13.1. The van der Waals surface area contributed by atoms with Crippen LogP contribution >= 0.6 is 23.2 Å². The number of fused-ring (bicyclic) bond motifs is 1. The third-order valence-corrected chi connectivity index (χ3v) is 4.76. The van der Waals surface area contributed by atoms with Gasteiger partial charge in [-0.25, -0.2) is 8.42 Å². The number of hydrogen-bond donors (Lipinski definition) is 0. The second kappa shape index (κ2) is 4.98. The van der Waals surface area contributed by atoms with Crippen LogP contribution in [0.2, 0.25) is 10.0 Å². The first-order chi connectivity index (χ1) is 9.84. The lowest BCUT2D eigenvalue weighted by Crippen LogP contribution is -1.98. The van der Waals surface area contributed by atoms with Crippen molar-refractivity contribution in [2.45, 2.75) is 4.90 Å². The maximum absolute atomic E-state index is 11.5. The fourth-order valence-corrected chi connectivity index (χ4v) is 2.78. The minimum absolute atomic E-state index is 0.205. The van der Waals surface area contributed by atoms with Gasteiger partial charge in [-0.15, -0.1) is 10.2 Å². The molecule has 5 nitrogen and oxygen atoms in total. The van der Waals surface area contributed by atoms with E-state index >= 15 is 0 Å². The largest absolute Gasteiger partial charge is 0.224 e. The average Bonchev–Trinajstić information content (AvgIpc) is 2.83. The monoisotopic (exact) mass is 341 g/mol. The molecule has 3 aromatic rings. The highest BCUT2D eigenvalue weighted by atomic mass is 35.5. The summed E-state index contributed by atoms with van der Waals surface area (Å²) in [6, 6.07) is 9.63. The topological polar surface area (TPSA) is 64.8 Å². The van der Waals surface area contributed by atoms with Crippen LogP contribution in [-0.2, 0) is 9.84 Å². The molecule has 0 radical (unpaired) electrons. The van der Waals surface area contributed by atoms with E-state index in [1.807, 2.05) is 0 Å². The van der Waals surface area contributed by atoms with Crippen molar-refractivity contribution < 1.29 is 8.42 Å². The van der Waals surface area contributed by atoms with E-state index in [0.29, 0.717) is 26.8 Å². The summed E-state index contributed by atoms with van der Waals surface area (Å²) in [6.07, 6.45) is 1.15. The summed E-state index contributed by atoms with van der Waals surface area (Å²) in [5.74, 6) is 0. The molecule has 2 aromatic carbocycles. The van der Waals surface area contributed by atoms with Gasteiger partial charge < -0.3 is 0 Å². The summed E-state index contributed by atoms with van der Waals surface area (Å²) in [5, 5.41) is 9.39. The van der Waals surface area contributed by atoms with Gasteiger partial charge in [0.2, 0.25) is 0 Å². The molecule has 3 rings (SSSR count). The van der Waals surface area contributed by atoms with Crippen LogP contribution in [0.25, 0.3) is 16.7 Å². The average molecular weight is 342 g/mol. The van der Waals surface area contributed by atoms with Crippen LogP contribution in [0.15, 0.2) is 41.3 Å². The van der Waals surface area contributed by atoms with Crippen molar-refractivity contribution >= 4 is 44.1 Å². The molecule has 1 heterocycles. The molecule has 108 valence electrons. The molecule has 0 spiro atoms. The fourth-order valence-electron chi connectivity index (χ4n) is 1.85. The van der Waals surface area contributed by atoms with Gasteiger partial charge in [0.05, 0.1) is 20.6 Å². The molecule has 0 aliphatic carbocycles. The van der Waals surface area contributed by atoms with E-state index in [4.69, 9.17) is 23.2 Å². The SMILES string of the molecule is CS(=O)(=O)c1ccc2nn(-c3ccc(Cl)c(Cl)c3)nc2c1. The Balaban J connectivity index is 2.14. The van der Waals surface area contributed by atoms with Gasteiger partial charge in [-0.1, -0.05) is 23.2 Å². The van der Waals surface area contributed by atoms with E-state index in [0.717, 1.165) is 6.26 Å². The van der Waals surface area contributed by atoms with Crippen LogP contribution in [-0.4, -0.2) is 29.7 Å². The quantitative estimate of drug-likeness (QED) is 0.718. The van der Waals surface area contributed by atoms with Gasteiger partial charge in [0.25, 0.3) is 0 Å². The van der Waals surface area contributed by atoms with Crippen molar-refractivity contribution in [3.8, 4) is 5.69 Å². The Kier molecular flexibility index (Phi) is 3.39. The van der Waals surface area contributed by atoms with Gasteiger partial charge in [0.1, 0.15) is 11.0 Å². The van der Waals surface area contributed by atoms with Crippen LogP contribution in [0, 0.1) is 0 Å². The fraction of sp³-hybridized carbons (Fsp3) is 0.0769. The molecule has 0 aliphatic rings. The normalized spacial score (nSPS) is 12.0. The highest BCUT2D eigenvalue weighted by Gasteiger charge is 2.11. The first-order valence-electron chi connectivity index (χ1n) is 5.87. The number of benzene rings is 2. The van der Waals surface area contributed by atoms with Crippen LogP contribution < -0.4 is 0 Å². The molecular weight excluding hydrogens is 333 g/mol. The van der Waals surface area contributed by atoms with E-state index in [-0.39, 0.29) is 4.90 Å². The van der Waals surface area contributed by atoms with E-state index in [1.54, 1.807) is 24.3 Å². The molecule has 1 aromatic heterocycles. The van der Waals surface area contributed by atoms with Gasteiger partial charge in [0, 0.05) is 6.26 Å². The number of hydrogen-bond acceptors (Lipinski definition) is 4. The molecular formula is C13H9Cl2N3O2S. The smallest absolute Gasteiger partial charge is 0.175 e.